The summed E-state index contributed by atoms with van der Waals surface area (Å²) in [7, 11) is 5.43. The number of hydrogen-bond donors (Lipinski definition) is 1. The van der Waals surface area contributed by atoms with Crippen LogP contribution in [0.1, 0.15) is 27.2 Å². The van der Waals surface area contributed by atoms with E-state index >= 15 is 0 Å². The first-order chi connectivity index (χ1) is 15.3. The van der Waals surface area contributed by atoms with Crippen molar-refractivity contribution in [3.8, 4) is 11.5 Å². The second-order valence-corrected chi connectivity index (χ2v) is 8.02. The number of allylic oxidation sites excluding steroid dienone is 1. The van der Waals surface area contributed by atoms with Crippen molar-refractivity contribution >= 4 is 45.6 Å². The van der Waals surface area contributed by atoms with Gasteiger partial charge in [0.05, 0.1) is 7.11 Å². The smallest absolute Gasteiger partial charge is 0.351 e. The summed E-state index contributed by atoms with van der Waals surface area (Å²) in [6.45, 7) is 0. The lowest BCUT2D eigenvalue weighted by Gasteiger charge is -2.11. The van der Waals surface area contributed by atoms with Crippen LogP contribution >= 0.6 is 15.9 Å². The maximum Gasteiger partial charge on any atom is 0.351 e. The highest BCUT2D eigenvalue weighted by molar-refractivity contribution is 9.10. The predicted octanol–water partition coefficient (Wildman–Crippen LogP) is 5.25. The number of hydrogen-bond acceptors (Lipinski definition) is 6. The number of nitrogens with zero attached hydrogens (tertiary/aromatic N) is 1. The Balaban J connectivity index is 1.82. The van der Waals surface area contributed by atoms with E-state index in [1.165, 1.54) is 25.3 Å². The third-order valence-electron chi connectivity index (χ3n) is 4.65. The lowest BCUT2D eigenvalue weighted by atomic mass is 10.1. The fourth-order valence-electron chi connectivity index (χ4n) is 2.95. The average molecular weight is 496 g/mol. The second-order valence-electron chi connectivity index (χ2n) is 7.10. The quantitative estimate of drug-likeness (QED) is 0.356. The van der Waals surface area contributed by atoms with E-state index in [9.17, 15) is 14.7 Å². The van der Waals surface area contributed by atoms with E-state index in [2.05, 4.69) is 15.9 Å². The number of carbonyl (C=O) groups excluding carboxylic acids is 1. The number of benzene rings is 2. The van der Waals surface area contributed by atoms with Crippen LogP contribution in [0.4, 0.5) is 5.69 Å². The van der Waals surface area contributed by atoms with Gasteiger partial charge in [-0.25, -0.2) is 4.79 Å². The van der Waals surface area contributed by atoms with Crippen molar-refractivity contribution in [1.82, 2.24) is 0 Å². The van der Waals surface area contributed by atoms with Crippen LogP contribution in [-0.2, 0) is 0 Å². The van der Waals surface area contributed by atoms with Crippen molar-refractivity contribution in [2.24, 2.45) is 0 Å². The van der Waals surface area contributed by atoms with E-state index in [0.29, 0.717) is 11.3 Å². The fourth-order valence-corrected chi connectivity index (χ4v) is 3.33. The Kier molecular flexibility index (Phi) is 7.33. The van der Waals surface area contributed by atoms with Gasteiger partial charge < -0.3 is 19.2 Å². The molecule has 0 spiro atoms. The van der Waals surface area contributed by atoms with Gasteiger partial charge in [-0.05, 0) is 54.1 Å². The zero-order valence-corrected chi connectivity index (χ0v) is 19.4. The average Bonchev–Trinajstić information content (AvgIpc) is 2.76. The van der Waals surface area contributed by atoms with E-state index in [1.807, 2.05) is 43.3 Å². The molecule has 1 heterocycles. The number of ether oxygens (including phenoxy) is 1. The van der Waals surface area contributed by atoms with Crippen LogP contribution in [0.3, 0.4) is 0 Å². The topological polar surface area (TPSA) is 80.0 Å². The highest BCUT2D eigenvalue weighted by atomic mass is 79.9. The van der Waals surface area contributed by atoms with E-state index in [4.69, 9.17) is 9.15 Å². The maximum atomic E-state index is 12.5. The normalized spacial score (nSPS) is 11.2. The van der Waals surface area contributed by atoms with Crippen molar-refractivity contribution in [3.05, 3.63) is 92.0 Å². The Bertz CT molecular complexity index is 1240. The van der Waals surface area contributed by atoms with Crippen LogP contribution in [0.5, 0.6) is 11.5 Å². The lowest BCUT2D eigenvalue weighted by Crippen LogP contribution is -2.13. The van der Waals surface area contributed by atoms with Crippen molar-refractivity contribution in [2.75, 3.05) is 26.1 Å². The molecular formula is C25H22BrNO5. The summed E-state index contributed by atoms with van der Waals surface area (Å²) in [6, 6.07) is 14.3. The monoisotopic (exact) mass is 495 g/mol. The molecule has 0 radical (unpaired) electrons. The molecule has 0 amide bonds. The Labute approximate surface area is 194 Å². The Morgan fingerprint density at radius 2 is 1.78 bits per heavy atom. The van der Waals surface area contributed by atoms with Crippen LogP contribution in [0, 0.1) is 0 Å². The largest absolute Gasteiger partial charge is 0.507 e. The van der Waals surface area contributed by atoms with Crippen LogP contribution in [-0.4, -0.2) is 32.1 Å². The van der Waals surface area contributed by atoms with Gasteiger partial charge in [-0.15, -0.1) is 0 Å². The predicted molar refractivity (Wildman–Crippen MR) is 130 cm³/mol. The van der Waals surface area contributed by atoms with Crippen molar-refractivity contribution in [3.63, 3.8) is 0 Å². The minimum absolute atomic E-state index is 0.137. The third-order valence-corrected chi connectivity index (χ3v) is 5.14. The standard InChI is InChI=1S/C25H22BrNO5/c1-27(2)19-9-4-16(5-10-19)6-11-20-15-22(29)24(25(30)32-20)21(28)12-7-17-14-18(26)8-13-23(17)31-3/h4-15,29H,1-3H3/b11-6+,12-7+. The zero-order chi connectivity index (χ0) is 23.3. The van der Waals surface area contributed by atoms with Gasteiger partial charge in [-0.2, -0.15) is 0 Å². The molecule has 0 bridgehead atoms. The molecule has 0 aliphatic rings. The van der Waals surface area contributed by atoms with Crippen molar-refractivity contribution < 1.29 is 19.1 Å². The Morgan fingerprint density at radius 3 is 2.41 bits per heavy atom. The molecule has 0 saturated heterocycles. The third kappa shape index (κ3) is 5.56. The maximum absolute atomic E-state index is 12.5. The molecule has 0 aliphatic heterocycles. The van der Waals surface area contributed by atoms with Gasteiger partial charge in [0.1, 0.15) is 22.8 Å². The summed E-state index contributed by atoms with van der Waals surface area (Å²) >= 11 is 3.36. The summed E-state index contributed by atoms with van der Waals surface area (Å²) in [4.78, 5) is 26.9. The molecule has 7 heteroatoms. The van der Waals surface area contributed by atoms with E-state index in [0.717, 1.165) is 15.7 Å². The van der Waals surface area contributed by atoms with Gasteiger partial charge in [-0.3, -0.25) is 4.79 Å². The molecule has 32 heavy (non-hydrogen) atoms. The van der Waals surface area contributed by atoms with E-state index in [-0.39, 0.29) is 5.76 Å². The van der Waals surface area contributed by atoms with Gasteiger partial charge in [0.2, 0.25) is 0 Å². The van der Waals surface area contributed by atoms with Crippen molar-refractivity contribution in [1.29, 1.82) is 0 Å². The zero-order valence-electron chi connectivity index (χ0n) is 17.8. The molecule has 3 aromatic rings. The molecule has 1 aromatic heterocycles. The number of halogens is 1. The number of aromatic hydroxyl groups is 1. The van der Waals surface area contributed by atoms with E-state index in [1.54, 1.807) is 30.4 Å². The summed E-state index contributed by atoms with van der Waals surface area (Å²) < 4.78 is 11.3. The minimum atomic E-state index is -0.913. The Hall–Kier alpha value is -3.58. The molecular weight excluding hydrogens is 474 g/mol. The molecule has 164 valence electrons. The first kappa shape index (κ1) is 23.1. The highest BCUT2D eigenvalue weighted by Crippen LogP contribution is 2.25. The fraction of sp³-hybridized carbons (Fsp3) is 0.120. The second kappa shape index (κ2) is 10.2. The van der Waals surface area contributed by atoms with Crippen LogP contribution in [0.15, 0.2) is 68.3 Å². The number of ketones is 1. The molecule has 1 N–H and O–H groups in total. The lowest BCUT2D eigenvalue weighted by molar-refractivity contribution is 0.104. The van der Waals surface area contributed by atoms with Crippen LogP contribution < -0.4 is 15.3 Å². The molecule has 0 aliphatic carbocycles. The van der Waals surface area contributed by atoms with Gasteiger partial charge in [-0.1, -0.05) is 34.1 Å². The molecule has 2 aromatic carbocycles. The van der Waals surface area contributed by atoms with Gasteiger partial charge in [0.15, 0.2) is 5.78 Å². The first-order valence-electron chi connectivity index (χ1n) is 9.67. The molecule has 0 unspecified atom stereocenters. The van der Waals surface area contributed by atoms with Gasteiger partial charge >= 0.3 is 5.63 Å². The van der Waals surface area contributed by atoms with Crippen LogP contribution in [0.25, 0.3) is 18.2 Å². The SMILES string of the molecule is COc1ccc(Br)cc1/C=C/C(=O)c1c(O)cc(/C=C/c2ccc(N(C)C)cc2)oc1=O. The first-order valence-corrected chi connectivity index (χ1v) is 10.5. The molecule has 6 nitrogen and oxygen atoms in total. The Morgan fingerprint density at radius 1 is 1.06 bits per heavy atom. The van der Waals surface area contributed by atoms with E-state index < -0.39 is 22.7 Å². The molecule has 0 saturated carbocycles. The summed E-state index contributed by atoms with van der Waals surface area (Å²) in [5.41, 5.74) is 1.25. The highest BCUT2D eigenvalue weighted by Gasteiger charge is 2.16. The minimum Gasteiger partial charge on any atom is -0.507 e. The summed E-state index contributed by atoms with van der Waals surface area (Å²) in [6.07, 6.45) is 6.01. The number of anilines is 1. The molecule has 3 rings (SSSR count). The summed E-state index contributed by atoms with van der Waals surface area (Å²) in [5.74, 6) is -0.418. The number of carbonyl (C=O) groups is 1. The van der Waals surface area contributed by atoms with Gasteiger partial charge in [0.25, 0.3) is 0 Å². The van der Waals surface area contributed by atoms with Crippen molar-refractivity contribution in [2.45, 2.75) is 0 Å². The molecule has 0 fully saturated rings. The molecule has 0 atom stereocenters. The van der Waals surface area contributed by atoms with Crippen LogP contribution in [0.2, 0.25) is 0 Å². The number of rotatable bonds is 7. The number of methoxy groups -OCH3 is 1. The van der Waals surface area contributed by atoms with Gasteiger partial charge in [0, 0.05) is 35.9 Å². The summed E-state index contributed by atoms with van der Waals surface area (Å²) in [5, 5.41) is 10.3.